The molecule has 0 saturated heterocycles. The van der Waals surface area contributed by atoms with Crippen LogP contribution in [0, 0.1) is 5.82 Å². The highest BCUT2D eigenvalue weighted by molar-refractivity contribution is 8.00. The summed E-state index contributed by atoms with van der Waals surface area (Å²) < 4.78 is 14.0. The number of amides is 3. The van der Waals surface area contributed by atoms with Crippen LogP contribution in [-0.2, 0) is 9.59 Å². The Morgan fingerprint density at radius 2 is 1.83 bits per heavy atom. The SMILES string of the molecule is CC(=O)c1ccc(SCC(=O)Nc2ccccc2C(=O)NCCC(N)=O)c(F)c1. The molecule has 0 saturated carbocycles. The molecule has 4 N–H and O–H groups in total. The molecule has 29 heavy (non-hydrogen) atoms. The second-order valence-corrected chi connectivity index (χ2v) is 7.07. The van der Waals surface area contributed by atoms with Crippen molar-refractivity contribution in [1.29, 1.82) is 0 Å². The summed E-state index contributed by atoms with van der Waals surface area (Å²) in [5, 5.41) is 5.17. The van der Waals surface area contributed by atoms with Gasteiger partial charge in [0, 0.05) is 23.4 Å². The van der Waals surface area contributed by atoms with E-state index in [1.54, 1.807) is 18.2 Å². The Balaban J connectivity index is 1.98. The lowest BCUT2D eigenvalue weighted by Crippen LogP contribution is -2.29. The van der Waals surface area contributed by atoms with Gasteiger partial charge in [0.05, 0.1) is 17.0 Å². The molecule has 0 aliphatic rings. The van der Waals surface area contributed by atoms with Crippen LogP contribution in [0.2, 0.25) is 0 Å². The third kappa shape index (κ3) is 6.72. The summed E-state index contributed by atoms with van der Waals surface area (Å²) in [5.41, 5.74) is 5.81. The number of nitrogens with two attached hydrogens (primary N) is 1. The van der Waals surface area contributed by atoms with E-state index < -0.39 is 23.5 Å². The van der Waals surface area contributed by atoms with Crippen molar-refractivity contribution in [3.63, 3.8) is 0 Å². The minimum atomic E-state index is -0.579. The first-order valence-electron chi connectivity index (χ1n) is 8.66. The number of halogens is 1. The maximum atomic E-state index is 14.0. The Morgan fingerprint density at radius 1 is 1.10 bits per heavy atom. The van der Waals surface area contributed by atoms with E-state index >= 15 is 0 Å². The highest BCUT2D eigenvalue weighted by Crippen LogP contribution is 2.23. The van der Waals surface area contributed by atoms with Crippen LogP contribution in [0.15, 0.2) is 47.4 Å². The molecule has 2 aromatic rings. The van der Waals surface area contributed by atoms with Crippen LogP contribution >= 0.6 is 11.8 Å². The molecule has 2 rings (SSSR count). The maximum absolute atomic E-state index is 14.0. The zero-order chi connectivity index (χ0) is 21.4. The molecule has 9 heteroatoms. The van der Waals surface area contributed by atoms with E-state index in [2.05, 4.69) is 10.6 Å². The lowest BCUT2D eigenvalue weighted by atomic mass is 10.1. The number of nitrogens with one attached hydrogen (secondary N) is 2. The molecule has 2 aromatic carbocycles. The van der Waals surface area contributed by atoms with Crippen molar-refractivity contribution in [2.45, 2.75) is 18.2 Å². The van der Waals surface area contributed by atoms with Gasteiger partial charge >= 0.3 is 0 Å². The fourth-order valence-electron chi connectivity index (χ4n) is 2.35. The fourth-order valence-corrected chi connectivity index (χ4v) is 3.07. The molecule has 0 aromatic heterocycles. The number of primary amides is 1. The van der Waals surface area contributed by atoms with E-state index in [9.17, 15) is 23.6 Å². The van der Waals surface area contributed by atoms with Crippen molar-refractivity contribution in [3.05, 3.63) is 59.4 Å². The molecular weight excluding hydrogens is 397 g/mol. The fraction of sp³-hybridized carbons (Fsp3) is 0.200. The van der Waals surface area contributed by atoms with Gasteiger partial charge in [-0.25, -0.2) is 4.39 Å². The average Bonchev–Trinajstić information content (AvgIpc) is 2.67. The summed E-state index contributed by atoms with van der Waals surface area (Å²) in [5.74, 6) is -2.34. The third-order valence-corrected chi connectivity index (χ3v) is 4.85. The summed E-state index contributed by atoms with van der Waals surface area (Å²) >= 11 is 0.976. The van der Waals surface area contributed by atoms with E-state index in [-0.39, 0.29) is 40.5 Å². The van der Waals surface area contributed by atoms with Gasteiger partial charge in [0.25, 0.3) is 5.91 Å². The van der Waals surface area contributed by atoms with Crippen molar-refractivity contribution in [3.8, 4) is 0 Å². The molecule has 0 fully saturated rings. The van der Waals surface area contributed by atoms with Gasteiger partial charge in [-0.15, -0.1) is 11.8 Å². The summed E-state index contributed by atoms with van der Waals surface area (Å²) in [6, 6.07) is 10.5. The number of carbonyl (C=O) groups is 4. The second-order valence-electron chi connectivity index (χ2n) is 6.06. The number of Topliss-reactive ketones (excluding diaryl/α,β-unsaturated/α-hetero) is 1. The molecule has 0 atom stereocenters. The zero-order valence-corrected chi connectivity index (χ0v) is 16.5. The van der Waals surface area contributed by atoms with Gasteiger partial charge < -0.3 is 16.4 Å². The number of ketones is 1. The quantitative estimate of drug-likeness (QED) is 0.428. The van der Waals surface area contributed by atoms with Gasteiger partial charge in [0.2, 0.25) is 11.8 Å². The molecule has 0 radical (unpaired) electrons. The first kappa shape index (κ1) is 22.1. The number of benzene rings is 2. The molecule has 0 heterocycles. The van der Waals surface area contributed by atoms with E-state index in [1.807, 2.05) is 0 Å². The lowest BCUT2D eigenvalue weighted by molar-refractivity contribution is -0.118. The van der Waals surface area contributed by atoms with E-state index in [4.69, 9.17) is 5.73 Å². The predicted molar refractivity (Wildman–Crippen MR) is 108 cm³/mol. The Bertz CT molecular complexity index is 949. The molecule has 0 unspecified atom stereocenters. The second kappa shape index (κ2) is 10.4. The molecule has 0 bridgehead atoms. The summed E-state index contributed by atoms with van der Waals surface area (Å²) in [7, 11) is 0. The largest absolute Gasteiger partial charge is 0.370 e. The number of rotatable bonds is 9. The summed E-state index contributed by atoms with van der Waals surface area (Å²) in [4.78, 5) is 46.8. The molecule has 0 aliphatic carbocycles. The number of para-hydroxylation sites is 1. The highest BCUT2D eigenvalue weighted by atomic mass is 32.2. The molecule has 3 amide bonds. The van der Waals surface area contributed by atoms with Crippen LogP contribution < -0.4 is 16.4 Å². The molecule has 0 aliphatic heterocycles. The smallest absolute Gasteiger partial charge is 0.253 e. The summed E-state index contributed by atoms with van der Waals surface area (Å²) in [6.07, 6.45) is 0.00485. The predicted octanol–water partition coefficient (Wildman–Crippen LogP) is 2.36. The summed E-state index contributed by atoms with van der Waals surface area (Å²) in [6.45, 7) is 1.43. The van der Waals surface area contributed by atoms with Gasteiger partial charge in [-0.05, 0) is 31.2 Å². The zero-order valence-electron chi connectivity index (χ0n) is 15.7. The van der Waals surface area contributed by atoms with Crippen LogP contribution in [0.1, 0.15) is 34.1 Å². The topological polar surface area (TPSA) is 118 Å². The molecule has 7 nitrogen and oxygen atoms in total. The van der Waals surface area contributed by atoms with Gasteiger partial charge in [-0.1, -0.05) is 18.2 Å². The van der Waals surface area contributed by atoms with E-state index in [0.717, 1.165) is 17.8 Å². The Morgan fingerprint density at radius 3 is 2.48 bits per heavy atom. The van der Waals surface area contributed by atoms with Crippen LogP contribution in [0.25, 0.3) is 0 Å². The first-order valence-corrected chi connectivity index (χ1v) is 9.65. The maximum Gasteiger partial charge on any atom is 0.253 e. The lowest BCUT2D eigenvalue weighted by Gasteiger charge is -2.11. The van der Waals surface area contributed by atoms with Crippen LogP contribution in [-0.4, -0.2) is 35.8 Å². The molecule has 152 valence electrons. The van der Waals surface area contributed by atoms with Gasteiger partial charge in [0.1, 0.15) is 5.82 Å². The number of hydrogen-bond donors (Lipinski definition) is 3. The van der Waals surface area contributed by atoms with Crippen molar-refractivity contribution >= 4 is 41.0 Å². The van der Waals surface area contributed by atoms with Gasteiger partial charge in [-0.3, -0.25) is 19.2 Å². The van der Waals surface area contributed by atoms with Gasteiger partial charge in [0.15, 0.2) is 5.78 Å². The van der Waals surface area contributed by atoms with E-state index in [0.29, 0.717) is 5.69 Å². The van der Waals surface area contributed by atoms with Crippen molar-refractivity contribution in [1.82, 2.24) is 5.32 Å². The third-order valence-electron chi connectivity index (χ3n) is 3.80. The van der Waals surface area contributed by atoms with Crippen LogP contribution in [0.5, 0.6) is 0 Å². The highest BCUT2D eigenvalue weighted by Gasteiger charge is 2.14. The van der Waals surface area contributed by atoms with Crippen molar-refractivity contribution < 1.29 is 23.6 Å². The Labute approximate surface area is 171 Å². The molecule has 0 spiro atoms. The number of hydrogen-bond acceptors (Lipinski definition) is 5. The number of thioether (sulfide) groups is 1. The number of carbonyl (C=O) groups excluding carboxylic acids is 4. The Hall–Kier alpha value is -3.20. The monoisotopic (exact) mass is 417 g/mol. The standard InChI is InChI=1S/C20H20FN3O4S/c1-12(25)13-6-7-17(15(21)10-13)29-11-19(27)24-16-5-3-2-4-14(16)20(28)23-9-8-18(22)26/h2-7,10H,8-9,11H2,1H3,(H2,22,26)(H,23,28)(H,24,27). The van der Waals surface area contributed by atoms with Crippen molar-refractivity contribution in [2.24, 2.45) is 5.73 Å². The minimum absolute atomic E-state index is 0.00485. The van der Waals surface area contributed by atoms with Crippen LogP contribution in [0.3, 0.4) is 0 Å². The van der Waals surface area contributed by atoms with Crippen LogP contribution in [0.4, 0.5) is 10.1 Å². The Kier molecular flexibility index (Phi) is 7.90. The minimum Gasteiger partial charge on any atom is -0.370 e. The average molecular weight is 417 g/mol. The normalized spacial score (nSPS) is 10.3. The number of anilines is 1. The first-order chi connectivity index (χ1) is 13.8. The van der Waals surface area contributed by atoms with Crippen molar-refractivity contribution in [2.75, 3.05) is 17.6 Å². The van der Waals surface area contributed by atoms with Gasteiger partial charge in [-0.2, -0.15) is 0 Å². The van der Waals surface area contributed by atoms with E-state index in [1.165, 1.54) is 25.1 Å². The molecular formula is C20H20FN3O4S.